The minimum absolute atomic E-state index is 0.291. The Morgan fingerprint density at radius 2 is 1.57 bits per heavy atom. The van der Waals surface area contributed by atoms with Crippen molar-refractivity contribution in [3.05, 3.63) is 35.9 Å². The van der Waals surface area contributed by atoms with Crippen LogP contribution in [0.5, 0.6) is 0 Å². The molecule has 2 N–H and O–H groups in total. The Kier molecular flexibility index (Phi) is 5.53. The van der Waals surface area contributed by atoms with E-state index in [0.29, 0.717) is 5.56 Å². The van der Waals surface area contributed by atoms with Crippen molar-refractivity contribution in [2.45, 2.75) is 0 Å². The van der Waals surface area contributed by atoms with Crippen molar-refractivity contribution < 1.29 is 24.5 Å². The maximum absolute atomic E-state index is 10.8. The molecule has 0 aliphatic carbocycles. The summed E-state index contributed by atoms with van der Waals surface area (Å²) in [6.07, 6.45) is -1.83. The molecule has 0 bridgehead atoms. The number of carbonyl (C=O) groups excluding carboxylic acids is 1. The summed E-state index contributed by atoms with van der Waals surface area (Å²) in [5.41, 5.74) is 0.588. The number of ether oxygens (including phenoxy) is 1. The van der Waals surface area contributed by atoms with Crippen molar-refractivity contribution in [1.29, 1.82) is 0 Å². The molecule has 76 valence electrons. The van der Waals surface area contributed by atoms with E-state index in [1.165, 1.54) is 7.11 Å². The van der Waals surface area contributed by atoms with Crippen molar-refractivity contribution in [2.75, 3.05) is 7.11 Å². The van der Waals surface area contributed by atoms with Gasteiger partial charge in [-0.3, -0.25) is 0 Å². The van der Waals surface area contributed by atoms with Gasteiger partial charge in [0.05, 0.1) is 12.7 Å². The maximum Gasteiger partial charge on any atom is 0.503 e. The number of carbonyl (C=O) groups is 2. The van der Waals surface area contributed by atoms with Crippen LogP contribution < -0.4 is 0 Å². The molecule has 0 saturated carbocycles. The van der Waals surface area contributed by atoms with Gasteiger partial charge in [0.2, 0.25) is 0 Å². The van der Waals surface area contributed by atoms with Crippen LogP contribution in [0.1, 0.15) is 10.4 Å². The van der Waals surface area contributed by atoms with Crippen LogP contribution in [0.25, 0.3) is 0 Å². The Morgan fingerprint density at radius 3 is 1.93 bits per heavy atom. The van der Waals surface area contributed by atoms with Crippen molar-refractivity contribution in [2.24, 2.45) is 0 Å². The summed E-state index contributed by atoms with van der Waals surface area (Å²) in [4.78, 5) is 19.3. The first-order chi connectivity index (χ1) is 6.57. The van der Waals surface area contributed by atoms with E-state index < -0.39 is 6.16 Å². The molecule has 1 aromatic rings. The van der Waals surface area contributed by atoms with Crippen LogP contribution in [0.4, 0.5) is 4.79 Å². The normalized spacial score (nSPS) is 8.07. The third-order valence-corrected chi connectivity index (χ3v) is 1.19. The molecule has 0 heterocycles. The third kappa shape index (κ3) is 5.59. The predicted molar refractivity (Wildman–Crippen MR) is 48.4 cm³/mol. The lowest BCUT2D eigenvalue weighted by molar-refractivity contribution is 0.0600. The molecule has 0 unspecified atom stereocenters. The van der Waals surface area contributed by atoms with Gasteiger partial charge in [0, 0.05) is 0 Å². The molecule has 14 heavy (non-hydrogen) atoms. The molecule has 1 rings (SSSR count). The highest BCUT2D eigenvalue weighted by Crippen LogP contribution is 1.98. The second-order valence-electron chi connectivity index (χ2n) is 2.14. The Balaban J connectivity index is 0.000000364. The summed E-state index contributed by atoms with van der Waals surface area (Å²) < 4.78 is 4.50. The summed E-state index contributed by atoms with van der Waals surface area (Å²) in [5, 5.41) is 13.9. The number of carboxylic acid groups (broad SMARTS) is 2. The number of hydrogen-bond donors (Lipinski definition) is 2. The minimum atomic E-state index is -1.83. The van der Waals surface area contributed by atoms with E-state index in [4.69, 9.17) is 15.0 Å². The van der Waals surface area contributed by atoms with Crippen LogP contribution in [0.3, 0.4) is 0 Å². The first kappa shape index (κ1) is 12.0. The van der Waals surface area contributed by atoms with Gasteiger partial charge < -0.3 is 14.9 Å². The number of methoxy groups -OCH3 is 1. The van der Waals surface area contributed by atoms with Gasteiger partial charge in [-0.05, 0) is 12.1 Å². The zero-order valence-corrected chi connectivity index (χ0v) is 7.51. The summed E-state index contributed by atoms with van der Waals surface area (Å²) >= 11 is 0. The van der Waals surface area contributed by atoms with E-state index in [-0.39, 0.29) is 5.97 Å². The van der Waals surface area contributed by atoms with Crippen LogP contribution in [0.2, 0.25) is 0 Å². The van der Waals surface area contributed by atoms with Crippen molar-refractivity contribution in [1.82, 2.24) is 0 Å². The van der Waals surface area contributed by atoms with Gasteiger partial charge in [0.25, 0.3) is 0 Å². The van der Waals surface area contributed by atoms with Gasteiger partial charge in [0.1, 0.15) is 0 Å². The molecule has 0 atom stereocenters. The van der Waals surface area contributed by atoms with E-state index in [9.17, 15) is 4.79 Å². The molecule has 0 saturated heterocycles. The lowest BCUT2D eigenvalue weighted by atomic mass is 10.2. The zero-order valence-electron chi connectivity index (χ0n) is 7.51. The smallest absolute Gasteiger partial charge is 0.465 e. The fourth-order valence-electron chi connectivity index (χ4n) is 0.692. The molecule has 5 nitrogen and oxygen atoms in total. The number of esters is 1. The van der Waals surface area contributed by atoms with Gasteiger partial charge in [-0.1, -0.05) is 18.2 Å². The summed E-state index contributed by atoms with van der Waals surface area (Å²) in [5.74, 6) is -0.291. The molecule has 0 aliphatic heterocycles. The van der Waals surface area contributed by atoms with Gasteiger partial charge in [0.15, 0.2) is 0 Å². The topological polar surface area (TPSA) is 83.8 Å². The van der Waals surface area contributed by atoms with Crippen molar-refractivity contribution in [3.63, 3.8) is 0 Å². The van der Waals surface area contributed by atoms with Gasteiger partial charge in [-0.25, -0.2) is 9.59 Å². The molecule has 1 aromatic carbocycles. The fraction of sp³-hybridized carbons (Fsp3) is 0.111. The standard InChI is InChI=1S/C8H8O2.CH2O3/c1-10-8(9)7-5-3-2-4-6-7;2-1(3)4/h2-6H,1H3;(H2,2,3,4). The van der Waals surface area contributed by atoms with Crippen LogP contribution in [0.15, 0.2) is 30.3 Å². The SMILES string of the molecule is COC(=O)c1ccccc1.O=C(O)O. The molecule has 0 fully saturated rings. The Bertz CT molecular complexity index is 289. The van der Waals surface area contributed by atoms with Crippen LogP contribution >= 0.6 is 0 Å². The second-order valence-corrected chi connectivity index (χ2v) is 2.14. The molecule has 0 radical (unpaired) electrons. The van der Waals surface area contributed by atoms with E-state index in [1.807, 2.05) is 6.07 Å². The van der Waals surface area contributed by atoms with Gasteiger partial charge in [-0.15, -0.1) is 0 Å². The number of hydrogen-bond acceptors (Lipinski definition) is 3. The molecule has 0 spiro atoms. The van der Waals surface area contributed by atoms with E-state index in [2.05, 4.69) is 4.74 Å². The number of benzene rings is 1. The quantitative estimate of drug-likeness (QED) is 0.671. The highest BCUT2D eigenvalue weighted by Gasteiger charge is 2.00. The molecule has 0 aliphatic rings. The minimum Gasteiger partial charge on any atom is -0.465 e. The maximum atomic E-state index is 10.8. The van der Waals surface area contributed by atoms with E-state index in [0.717, 1.165) is 0 Å². The molecule has 0 amide bonds. The van der Waals surface area contributed by atoms with Crippen molar-refractivity contribution in [3.8, 4) is 0 Å². The molecular weight excluding hydrogens is 188 g/mol. The molecule has 5 heteroatoms. The first-order valence-corrected chi connectivity index (χ1v) is 3.63. The fourth-order valence-corrected chi connectivity index (χ4v) is 0.692. The largest absolute Gasteiger partial charge is 0.503 e. The highest BCUT2D eigenvalue weighted by molar-refractivity contribution is 5.89. The average molecular weight is 198 g/mol. The van der Waals surface area contributed by atoms with Crippen LogP contribution in [-0.2, 0) is 4.74 Å². The van der Waals surface area contributed by atoms with Crippen LogP contribution in [0, 0.1) is 0 Å². The van der Waals surface area contributed by atoms with Crippen LogP contribution in [-0.4, -0.2) is 29.4 Å². The zero-order chi connectivity index (χ0) is 11.0. The monoisotopic (exact) mass is 198 g/mol. The number of rotatable bonds is 1. The van der Waals surface area contributed by atoms with Gasteiger partial charge >= 0.3 is 12.1 Å². The predicted octanol–water partition coefficient (Wildman–Crippen LogP) is 1.70. The van der Waals surface area contributed by atoms with Gasteiger partial charge in [-0.2, -0.15) is 0 Å². The lowest BCUT2D eigenvalue weighted by Gasteiger charge is -1.95. The summed E-state index contributed by atoms with van der Waals surface area (Å²) in [6.45, 7) is 0. The second kappa shape index (κ2) is 6.47. The van der Waals surface area contributed by atoms with E-state index >= 15 is 0 Å². The molecule has 0 aromatic heterocycles. The molecular formula is C9H10O5. The Hall–Kier alpha value is -2.04. The summed E-state index contributed by atoms with van der Waals surface area (Å²) in [7, 11) is 1.37. The lowest BCUT2D eigenvalue weighted by Crippen LogP contribution is -1.99. The Labute approximate surface area is 80.6 Å². The summed E-state index contributed by atoms with van der Waals surface area (Å²) in [6, 6.07) is 8.88. The third-order valence-electron chi connectivity index (χ3n) is 1.19. The van der Waals surface area contributed by atoms with Crippen molar-refractivity contribution >= 4 is 12.1 Å². The first-order valence-electron chi connectivity index (χ1n) is 3.63. The Morgan fingerprint density at radius 1 is 1.14 bits per heavy atom. The highest BCUT2D eigenvalue weighted by atomic mass is 16.6. The average Bonchev–Trinajstić information content (AvgIpc) is 2.17. The van der Waals surface area contributed by atoms with E-state index in [1.54, 1.807) is 24.3 Å².